The predicted octanol–water partition coefficient (Wildman–Crippen LogP) is 7.61. The average molecular weight is 342 g/mol. The van der Waals surface area contributed by atoms with Crippen molar-refractivity contribution < 1.29 is 0 Å². The Morgan fingerprint density at radius 3 is 1.38 bits per heavy atom. The van der Waals surface area contributed by atoms with Crippen LogP contribution in [-0.2, 0) is 0 Å². The second-order valence-electron chi connectivity index (χ2n) is 6.11. The smallest absolute Gasteiger partial charge is 0.0375 e. The summed E-state index contributed by atoms with van der Waals surface area (Å²) in [5.74, 6) is 0. The Kier molecular flexibility index (Phi) is 5.73. The molecule has 1 aliphatic carbocycles. The molecular weight excluding hydrogens is 324 g/mol. The van der Waals surface area contributed by atoms with Crippen molar-refractivity contribution in [3.05, 3.63) is 91.7 Å². The summed E-state index contributed by atoms with van der Waals surface area (Å²) in [5, 5.41) is 7.21. The molecule has 0 heterocycles. The molecule has 26 heavy (non-hydrogen) atoms. The van der Waals surface area contributed by atoms with Crippen molar-refractivity contribution in [1.82, 2.24) is 0 Å². The predicted molar refractivity (Wildman–Crippen MR) is 105 cm³/mol. The SMILES string of the molecule is [N-]=[N+]=Nc1ccc(C=C2CCCCC2=Cc2ccc(N=[N+]=[N-])cc2)cc1. The first-order valence-electron chi connectivity index (χ1n) is 8.50. The molecule has 6 nitrogen and oxygen atoms in total. The van der Waals surface area contributed by atoms with E-state index in [4.69, 9.17) is 11.1 Å². The summed E-state index contributed by atoms with van der Waals surface area (Å²) in [7, 11) is 0. The lowest BCUT2D eigenvalue weighted by Gasteiger charge is -2.18. The van der Waals surface area contributed by atoms with Crippen molar-refractivity contribution in [2.75, 3.05) is 0 Å². The highest BCUT2D eigenvalue weighted by Gasteiger charge is 2.12. The third-order valence-corrected chi connectivity index (χ3v) is 4.34. The van der Waals surface area contributed by atoms with Crippen LogP contribution in [0.5, 0.6) is 0 Å². The minimum atomic E-state index is 0.620. The van der Waals surface area contributed by atoms with Gasteiger partial charge >= 0.3 is 0 Å². The van der Waals surface area contributed by atoms with Gasteiger partial charge in [0.15, 0.2) is 0 Å². The molecule has 0 amide bonds. The summed E-state index contributed by atoms with van der Waals surface area (Å²) >= 11 is 0. The largest absolute Gasteiger partial charge is 0.0608 e. The molecule has 128 valence electrons. The van der Waals surface area contributed by atoms with Crippen LogP contribution < -0.4 is 0 Å². The summed E-state index contributed by atoms with van der Waals surface area (Å²) in [4.78, 5) is 5.60. The molecule has 0 radical (unpaired) electrons. The zero-order valence-corrected chi connectivity index (χ0v) is 14.3. The third-order valence-electron chi connectivity index (χ3n) is 4.34. The van der Waals surface area contributed by atoms with Crippen LogP contribution in [0.3, 0.4) is 0 Å². The quantitative estimate of drug-likeness (QED) is 0.310. The summed E-state index contributed by atoms with van der Waals surface area (Å²) < 4.78 is 0. The zero-order valence-electron chi connectivity index (χ0n) is 14.3. The monoisotopic (exact) mass is 342 g/mol. The molecule has 0 spiro atoms. The van der Waals surface area contributed by atoms with Crippen LogP contribution in [0, 0.1) is 0 Å². The normalized spacial score (nSPS) is 16.8. The Labute approximate surface area is 151 Å². The van der Waals surface area contributed by atoms with E-state index in [1.807, 2.05) is 48.5 Å². The van der Waals surface area contributed by atoms with Crippen LogP contribution in [0.2, 0.25) is 0 Å². The van der Waals surface area contributed by atoms with E-state index in [2.05, 4.69) is 32.2 Å². The highest BCUT2D eigenvalue weighted by atomic mass is 15.1. The van der Waals surface area contributed by atoms with Gasteiger partial charge in [0.2, 0.25) is 0 Å². The average Bonchev–Trinajstić information content (AvgIpc) is 2.67. The lowest BCUT2D eigenvalue weighted by molar-refractivity contribution is 0.685. The molecule has 1 saturated carbocycles. The molecule has 2 aromatic rings. The number of allylic oxidation sites excluding steroid dienone is 2. The lowest BCUT2D eigenvalue weighted by Crippen LogP contribution is -1.98. The molecule has 2 aromatic carbocycles. The van der Waals surface area contributed by atoms with Gasteiger partial charge in [-0.25, -0.2) is 0 Å². The standard InChI is InChI=1S/C20H18N6/c21-25-23-19-9-5-15(6-10-19)13-17-3-1-2-4-18(17)14-16-7-11-20(12-8-16)24-26-22/h5-14H,1-4H2. The van der Waals surface area contributed by atoms with E-state index < -0.39 is 0 Å². The van der Waals surface area contributed by atoms with E-state index in [1.54, 1.807) is 0 Å². The first kappa shape index (κ1) is 17.4. The Hall–Kier alpha value is -3.46. The van der Waals surface area contributed by atoms with Gasteiger partial charge in [-0.05, 0) is 59.0 Å². The minimum absolute atomic E-state index is 0.620. The van der Waals surface area contributed by atoms with Gasteiger partial charge in [0.05, 0.1) is 0 Å². The maximum absolute atomic E-state index is 8.49. The highest BCUT2D eigenvalue weighted by Crippen LogP contribution is 2.32. The molecule has 0 saturated heterocycles. The molecule has 3 rings (SSSR count). The minimum Gasteiger partial charge on any atom is -0.0608 e. The Morgan fingerprint density at radius 1 is 0.654 bits per heavy atom. The second kappa shape index (κ2) is 8.58. The molecule has 0 aliphatic heterocycles. The lowest BCUT2D eigenvalue weighted by atomic mass is 9.87. The number of hydrogen-bond donors (Lipinski definition) is 0. The van der Waals surface area contributed by atoms with E-state index in [1.165, 1.54) is 24.0 Å². The highest BCUT2D eigenvalue weighted by molar-refractivity contribution is 5.67. The summed E-state index contributed by atoms with van der Waals surface area (Å²) in [6.45, 7) is 0. The third kappa shape index (κ3) is 4.54. The fourth-order valence-electron chi connectivity index (χ4n) is 3.06. The van der Waals surface area contributed by atoms with Crippen molar-refractivity contribution in [3.63, 3.8) is 0 Å². The summed E-state index contributed by atoms with van der Waals surface area (Å²) in [6.07, 6.45) is 8.91. The molecule has 1 fully saturated rings. The van der Waals surface area contributed by atoms with Gasteiger partial charge in [-0.2, -0.15) is 0 Å². The van der Waals surface area contributed by atoms with Crippen LogP contribution in [0.1, 0.15) is 36.8 Å². The van der Waals surface area contributed by atoms with Crippen molar-refractivity contribution in [2.45, 2.75) is 25.7 Å². The fourth-order valence-corrected chi connectivity index (χ4v) is 3.06. The maximum Gasteiger partial charge on any atom is 0.0375 e. The molecular formula is C20H18N6. The Balaban J connectivity index is 1.86. The van der Waals surface area contributed by atoms with E-state index in [0.717, 1.165) is 24.0 Å². The van der Waals surface area contributed by atoms with E-state index in [9.17, 15) is 0 Å². The zero-order chi connectivity index (χ0) is 18.2. The van der Waals surface area contributed by atoms with E-state index >= 15 is 0 Å². The summed E-state index contributed by atoms with van der Waals surface area (Å²) in [5.41, 5.74) is 23.1. The number of benzene rings is 2. The van der Waals surface area contributed by atoms with Gasteiger partial charge in [-0.3, -0.25) is 0 Å². The van der Waals surface area contributed by atoms with Crippen LogP contribution in [0.4, 0.5) is 11.4 Å². The first-order chi connectivity index (χ1) is 12.8. The van der Waals surface area contributed by atoms with Gasteiger partial charge in [-0.15, -0.1) is 0 Å². The van der Waals surface area contributed by atoms with Crippen LogP contribution in [0.15, 0.2) is 69.9 Å². The van der Waals surface area contributed by atoms with Gasteiger partial charge in [0.1, 0.15) is 0 Å². The van der Waals surface area contributed by atoms with E-state index in [0.29, 0.717) is 11.4 Å². The number of azide groups is 2. The Morgan fingerprint density at radius 2 is 1.04 bits per heavy atom. The van der Waals surface area contributed by atoms with Crippen molar-refractivity contribution in [3.8, 4) is 0 Å². The topological polar surface area (TPSA) is 97.5 Å². The number of nitrogens with zero attached hydrogens (tertiary/aromatic N) is 6. The molecule has 0 bridgehead atoms. The summed E-state index contributed by atoms with van der Waals surface area (Å²) in [6, 6.07) is 15.2. The van der Waals surface area contributed by atoms with Crippen LogP contribution >= 0.6 is 0 Å². The molecule has 0 atom stereocenters. The van der Waals surface area contributed by atoms with Gasteiger partial charge in [0, 0.05) is 21.2 Å². The fraction of sp³-hybridized carbons (Fsp3) is 0.200. The van der Waals surface area contributed by atoms with E-state index in [-0.39, 0.29) is 0 Å². The Bertz CT molecular complexity index is 846. The first-order valence-corrected chi connectivity index (χ1v) is 8.50. The van der Waals surface area contributed by atoms with Gasteiger partial charge in [-0.1, -0.05) is 70.9 Å². The van der Waals surface area contributed by atoms with Crippen molar-refractivity contribution >= 4 is 23.5 Å². The number of rotatable bonds is 4. The molecule has 6 heteroatoms. The van der Waals surface area contributed by atoms with Crippen molar-refractivity contribution in [1.29, 1.82) is 0 Å². The molecule has 0 N–H and O–H groups in total. The van der Waals surface area contributed by atoms with Crippen LogP contribution in [-0.4, -0.2) is 0 Å². The van der Waals surface area contributed by atoms with Crippen molar-refractivity contribution in [2.24, 2.45) is 10.2 Å². The second-order valence-corrected chi connectivity index (χ2v) is 6.11. The van der Waals surface area contributed by atoms with Gasteiger partial charge < -0.3 is 0 Å². The molecule has 1 aliphatic rings. The molecule has 0 unspecified atom stereocenters. The maximum atomic E-state index is 8.49. The molecule has 0 aromatic heterocycles. The number of hydrogen-bond acceptors (Lipinski definition) is 2. The van der Waals surface area contributed by atoms with Gasteiger partial charge in [0.25, 0.3) is 0 Å². The van der Waals surface area contributed by atoms with Crippen LogP contribution in [0.25, 0.3) is 33.0 Å².